The van der Waals surface area contributed by atoms with Crippen LogP contribution in [-0.4, -0.2) is 24.3 Å². The lowest BCUT2D eigenvalue weighted by Crippen LogP contribution is -2.28. The first-order chi connectivity index (χ1) is 5.84. The second-order valence-corrected chi connectivity index (χ2v) is 3.37. The van der Waals surface area contributed by atoms with Gasteiger partial charge in [-0.3, -0.25) is 0 Å². The van der Waals surface area contributed by atoms with Crippen LogP contribution in [0.3, 0.4) is 0 Å². The maximum absolute atomic E-state index is 9.42. The van der Waals surface area contributed by atoms with Crippen molar-refractivity contribution in [3.63, 3.8) is 0 Å². The van der Waals surface area contributed by atoms with E-state index in [1.54, 1.807) is 0 Å². The summed E-state index contributed by atoms with van der Waals surface area (Å²) in [6.07, 6.45) is 3.69. The Hall–Kier alpha value is -0.590. The van der Waals surface area contributed by atoms with E-state index in [9.17, 15) is 5.11 Å². The molecular weight excluding hydrogens is 152 g/mol. The lowest BCUT2D eigenvalue weighted by molar-refractivity contribution is 0.149. The van der Waals surface area contributed by atoms with Gasteiger partial charge >= 0.3 is 0 Å². The number of aliphatic hydroxyl groups is 1. The van der Waals surface area contributed by atoms with Gasteiger partial charge in [0.1, 0.15) is 0 Å². The predicted molar refractivity (Wildman–Crippen MR) is 46.4 cm³/mol. The molecule has 1 saturated carbocycles. The van der Waals surface area contributed by atoms with Crippen LogP contribution in [0, 0.1) is 17.2 Å². The highest BCUT2D eigenvalue weighted by Crippen LogP contribution is 2.32. The first-order valence-corrected chi connectivity index (χ1v) is 4.60. The van der Waals surface area contributed by atoms with E-state index in [-0.39, 0.29) is 6.10 Å². The third-order valence-corrected chi connectivity index (χ3v) is 2.16. The molecule has 2 N–H and O–H groups in total. The van der Waals surface area contributed by atoms with Crippen molar-refractivity contribution < 1.29 is 5.11 Å². The Labute approximate surface area is 73.4 Å². The van der Waals surface area contributed by atoms with Crippen molar-refractivity contribution in [3.05, 3.63) is 0 Å². The lowest BCUT2D eigenvalue weighted by Gasteiger charge is -2.09. The van der Waals surface area contributed by atoms with Crippen LogP contribution in [0.2, 0.25) is 0 Å². The van der Waals surface area contributed by atoms with Crippen molar-refractivity contribution >= 4 is 0 Å². The number of nitrogens with zero attached hydrogens (tertiary/aromatic N) is 1. The summed E-state index contributed by atoms with van der Waals surface area (Å²) in [4.78, 5) is 0. The molecule has 1 aliphatic carbocycles. The van der Waals surface area contributed by atoms with E-state index in [0.29, 0.717) is 18.9 Å². The zero-order chi connectivity index (χ0) is 8.81. The van der Waals surface area contributed by atoms with Crippen molar-refractivity contribution in [2.75, 3.05) is 13.1 Å². The van der Waals surface area contributed by atoms with E-state index in [1.165, 1.54) is 12.8 Å². The molecule has 3 heteroatoms. The Kier molecular flexibility index (Phi) is 4.06. The van der Waals surface area contributed by atoms with Crippen molar-refractivity contribution in [3.8, 4) is 6.07 Å². The van der Waals surface area contributed by atoms with Crippen LogP contribution >= 0.6 is 0 Å². The maximum Gasteiger partial charge on any atom is 0.0692 e. The lowest BCUT2D eigenvalue weighted by atomic mass is 10.2. The molecule has 1 aliphatic rings. The molecule has 0 aliphatic heterocycles. The Morgan fingerprint density at radius 1 is 1.58 bits per heavy atom. The molecule has 0 aromatic heterocycles. The summed E-state index contributed by atoms with van der Waals surface area (Å²) in [7, 11) is 0. The predicted octanol–water partition coefficient (Wildman–Crippen LogP) is 0.651. The van der Waals surface area contributed by atoms with Crippen molar-refractivity contribution in [2.45, 2.75) is 31.8 Å². The van der Waals surface area contributed by atoms with Gasteiger partial charge in [-0.25, -0.2) is 0 Å². The summed E-state index contributed by atoms with van der Waals surface area (Å²) in [6, 6.07) is 2.09. The molecule has 12 heavy (non-hydrogen) atoms. The van der Waals surface area contributed by atoms with Gasteiger partial charge in [0.05, 0.1) is 12.2 Å². The fraction of sp³-hybridized carbons (Fsp3) is 0.889. The summed E-state index contributed by atoms with van der Waals surface area (Å²) in [6.45, 7) is 1.54. The number of unbranched alkanes of at least 4 members (excludes halogenated alkanes) is 1. The van der Waals surface area contributed by atoms with E-state index in [2.05, 4.69) is 11.4 Å². The molecule has 1 atom stereocenters. The van der Waals surface area contributed by atoms with Crippen LogP contribution in [-0.2, 0) is 0 Å². The summed E-state index contributed by atoms with van der Waals surface area (Å²) >= 11 is 0. The summed E-state index contributed by atoms with van der Waals surface area (Å²) < 4.78 is 0. The highest BCUT2D eigenvalue weighted by molar-refractivity contribution is 4.82. The van der Waals surface area contributed by atoms with Gasteiger partial charge in [-0.1, -0.05) is 0 Å². The minimum Gasteiger partial charge on any atom is -0.392 e. The van der Waals surface area contributed by atoms with Gasteiger partial charge in [-0.2, -0.15) is 5.26 Å². The van der Waals surface area contributed by atoms with E-state index in [1.807, 2.05) is 0 Å². The fourth-order valence-electron chi connectivity index (χ4n) is 1.19. The number of rotatable bonds is 6. The summed E-state index contributed by atoms with van der Waals surface area (Å²) in [5.41, 5.74) is 0. The number of nitriles is 1. The average molecular weight is 168 g/mol. The number of aliphatic hydroxyl groups excluding tert-OH is 1. The molecule has 0 spiro atoms. The SMILES string of the molecule is N#CCCCNCC(O)C1CC1. The van der Waals surface area contributed by atoms with Crippen LogP contribution in [0.1, 0.15) is 25.7 Å². The molecule has 0 saturated heterocycles. The number of hydrogen-bond acceptors (Lipinski definition) is 3. The molecule has 1 unspecified atom stereocenters. The molecule has 0 aromatic rings. The second-order valence-electron chi connectivity index (χ2n) is 3.37. The molecule has 1 rings (SSSR count). The van der Waals surface area contributed by atoms with E-state index in [0.717, 1.165) is 13.0 Å². The van der Waals surface area contributed by atoms with Crippen molar-refractivity contribution in [1.82, 2.24) is 5.32 Å². The monoisotopic (exact) mass is 168 g/mol. The zero-order valence-corrected chi connectivity index (χ0v) is 7.29. The maximum atomic E-state index is 9.42. The van der Waals surface area contributed by atoms with Crippen LogP contribution < -0.4 is 5.32 Å². The molecule has 0 radical (unpaired) electrons. The van der Waals surface area contributed by atoms with Crippen LogP contribution in [0.25, 0.3) is 0 Å². The minimum atomic E-state index is -0.160. The molecule has 1 fully saturated rings. The number of hydrogen-bond donors (Lipinski definition) is 2. The van der Waals surface area contributed by atoms with Gasteiger partial charge in [0.15, 0.2) is 0 Å². The Balaban J connectivity index is 1.85. The number of nitrogens with one attached hydrogen (secondary N) is 1. The minimum absolute atomic E-state index is 0.160. The van der Waals surface area contributed by atoms with Gasteiger partial charge in [0, 0.05) is 13.0 Å². The molecule has 0 bridgehead atoms. The standard InChI is InChI=1S/C9H16N2O/c10-5-1-2-6-11-7-9(12)8-3-4-8/h8-9,11-12H,1-4,6-7H2. The average Bonchev–Trinajstić information content (AvgIpc) is 2.86. The van der Waals surface area contributed by atoms with Crippen LogP contribution in [0.5, 0.6) is 0 Å². The van der Waals surface area contributed by atoms with E-state index >= 15 is 0 Å². The third kappa shape index (κ3) is 3.70. The summed E-state index contributed by atoms with van der Waals surface area (Å²) in [5, 5.41) is 20.8. The normalized spacial score (nSPS) is 18.7. The van der Waals surface area contributed by atoms with Gasteiger partial charge in [0.25, 0.3) is 0 Å². The molecule has 3 nitrogen and oxygen atoms in total. The van der Waals surface area contributed by atoms with Gasteiger partial charge in [-0.05, 0) is 31.7 Å². The highest BCUT2D eigenvalue weighted by Gasteiger charge is 2.28. The summed E-state index contributed by atoms with van der Waals surface area (Å²) in [5.74, 6) is 0.550. The Morgan fingerprint density at radius 3 is 2.92 bits per heavy atom. The molecule has 0 heterocycles. The first-order valence-electron chi connectivity index (χ1n) is 4.60. The van der Waals surface area contributed by atoms with Gasteiger partial charge < -0.3 is 10.4 Å². The Morgan fingerprint density at radius 2 is 2.33 bits per heavy atom. The van der Waals surface area contributed by atoms with E-state index in [4.69, 9.17) is 5.26 Å². The molecular formula is C9H16N2O. The van der Waals surface area contributed by atoms with Gasteiger partial charge in [-0.15, -0.1) is 0 Å². The third-order valence-electron chi connectivity index (χ3n) is 2.16. The fourth-order valence-corrected chi connectivity index (χ4v) is 1.19. The van der Waals surface area contributed by atoms with Crippen molar-refractivity contribution in [1.29, 1.82) is 5.26 Å². The highest BCUT2D eigenvalue weighted by atomic mass is 16.3. The molecule has 0 amide bonds. The van der Waals surface area contributed by atoms with E-state index < -0.39 is 0 Å². The molecule has 0 aromatic carbocycles. The van der Waals surface area contributed by atoms with Crippen LogP contribution in [0.15, 0.2) is 0 Å². The largest absolute Gasteiger partial charge is 0.392 e. The van der Waals surface area contributed by atoms with Crippen LogP contribution in [0.4, 0.5) is 0 Å². The smallest absolute Gasteiger partial charge is 0.0692 e. The molecule has 68 valence electrons. The first kappa shape index (κ1) is 9.50. The Bertz CT molecular complexity index is 160. The quantitative estimate of drug-likeness (QED) is 0.572. The van der Waals surface area contributed by atoms with Crippen molar-refractivity contribution in [2.24, 2.45) is 5.92 Å². The van der Waals surface area contributed by atoms with Gasteiger partial charge in [0.2, 0.25) is 0 Å². The topological polar surface area (TPSA) is 56.0 Å². The zero-order valence-electron chi connectivity index (χ0n) is 7.29. The second kappa shape index (κ2) is 5.13.